The van der Waals surface area contributed by atoms with Crippen LogP contribution in [0.5, 0.6) is 0 Å². The number of carbonyl (C=O) groups is 1. The Kier molecular flexibility index (Phi) is 6.88. The van der Waals surface area contributed by atoms with E-state index in [1.54, 1.807) is 0 Å². The van der Waals surface area contributed by atoms with Crippen molar-refractivity contribution in [1.29, 1.82) is 0 Å². The number of hydrogen-bond donors (Lipinski definition) is 0. The van der Waals surface area contributed by atoms with Gasteiger partial charge in [-0.05, 0) is 30.0 Å². The molecule has 0 N–H and O–H groups in total. The number of aromatic nitrogens is 1. The van der Waals surface area contributed by atoms with Crippen LogP contribution in [-0.2, 0) is 4.79 Å². The topological polar surface area (TPSA) is 28.5 Å². The van der Waals surface area contributed by atoms with Crippen molar-refractivity contribution in [3.8, 4) is 0 Å². The molecule has 2 heterocycles. The Labute approximate surface area is 163 Å². The lowest BCUT2D eigenvalue weighted by atomic mass is 10.0. The van der Waals surface area contributed by atoms with Gasteiger partial charge in [-0.1, -0.05) is 56.3 Å². The van der Waals surface area contributed by atoms with E-state index >= 15 is 0 Å². The lowest BCUT2D eigenvalue weighted by Crippen LogP contribution is -2.50. The third-order valence-electron chi connectivity index (χ3n) is 5.12. The molecule has 1 aromatic carbocycles. The molecule has 0 bridgehead atoms. The Bertz CT molecular complexity index is 713. The van der Waals surface area contributed by atoms with Crippen molar-refractivity contribution >= 4 is 12.0 Å². The van der Waals surface area contributed by atoms with Crippen molar-refractivity contribution in [2.24, 2.45) is 5.92 Å². The summed E-state index contributed by atoms with van der Waals surface area (Å²) in [6, 6.07) is 14.3. The van der Waals surface area contributed by atoms with Crippen LogP contribution >= 0.6 is 0 Å². The van der Waals surface area contributed by atoms with Crippen LogP contribution in [0.4, 0.5) is 0 Å². The van der Waals surface area contributed by atoms with Crippen molar-refractivity contribution in [3.05, 3.63) is 66.5 Å². The summed E-state index contributed by atoms with van der Waals surface area (Å²) in [5.41, 5.74) is 1.23. The molecule has 0 spiro atoms. The second kappa shape index (κ2) is 9.56. The van der Waals surface area contributed by atoms with Crippen molar-refractivity contribution in [2.75, 3.05) is 32.7 Å². The summed E-state index contributed by atoms with van der Waals surface area (Å²) < 4.78 is 2.07. The SMILES string of the molecule is CC(C)CC(C(=O)N1CCN(C/C=C/c2ccccc2)CC1)n1cccc1. The highest BCUT2D eigenvalue weighted by atomic mass is 16.2. The summed E-state index contributed by atoms with van der Waals surface area (Å²) in [5, 5.41) is 0. The Morgan fingerprint density at radius 3 is 2.30 bits per heavy atom. The molecule has 0 saturated carbocycles. The molecule has 4 nitrogen and oxygen atoms in total. The van der Waals surface area contributed by atoms with E-state index in [9.17, 15) is 4.79 Å². The maximum Gasteiger partial charge on any atom is 0.245 e. The molecule has 1 fully saturated rings. The largest absolute Gasteiger partial charge is 0.342 e. The van der Waals surface area contributed by atoms with Crippen LogP contribution in [0, 0.1) is 5.92 Å². The van der Waals surface area contributed by atoms with E-state index in [0.29, 0.717) is 5.92 Å². The van der Waals surface area contributed by atoms with Crippen LogP contribution in [0.2, 0.25) is 0 Å². The predicted molar refractivity (Wildman–Crippen MR) is 111 cm³/mol. The highest BCUT2D eigenvalue weighted by Gasteiger charge is 2.28. The number of piperazine rings is 1. The first-order chi connectivity index (χ1) is 13.1. The first kappa shape index (κ1) is 19.4. The first-order valence-electron chi connectivity index (χ1n) is 9.98. The van der Waals surface area contributed by atoms with Gasteiger partial charge in [0.1, 0.15) is 6.04 Å². The molecule has 2 aromatic rings. The fourth-order valence-corrected chi connectivity index (χ4v) is 3.62. The third kappa shape index (κ3) is 5.57. The van der Waals surface area contributed by atoms with Crippen LogP contribution in [0.25, 0.3) is 6.08 Å². The number of carbonyl (C=O) groups excluding carboxylic acids is 1. The second-order valence-corrected chi connectivity index (χ2v) is 7.71. The zero-order valence-electron chi connectivity index (χ0n) is 16.5. The van der Waals surface area contributed by atoms with E-state index in [1.807, 2.05) is 35.5 Å². The summed E-state index contributed by atoms with van der Waals surface area (Å²) >= 11 is 0. The molecule has 1 aliphatic rings. The molecule has 1 aliphatic heterocycles. The zero-order valence-corrected chi connectivity index (χ0v) is 16.5. The van der Waals surface area contributed by atoms with Gasteiger partial charge in [0, 0.05) is 45.1 Å². The van der Waals surface area contributed by atoms with Crippen LogP contribution in [-0.4, -0.2) is 53.0 Å². The molecule has 1 amide bonds. The van der Waals surface area contributed by atoms with E-state index in [2.05, 4.69) is 59.7 Å². The Balaban J connectivity index is 1.51. The third-order valence-corrected chi connectivity index (χ3v) is 5.12. The van der Waals surface area contributed by atoms with Crippen LogP contribution < -0.4 is 0 Å². The summed E-state index contributed by atoms with van der Waals surface area (Å²) in [6.07, 6.45) is 9.29. The van der Waals surface area contributed by atoms with Gasteiger partial charge in [0.15, 0.2) is 0 Å². The van der Waals surface area contributed by atoms with Crippen LogP contribution in [0.1, 0.15) is 31.9 Å². The standard InChI is InChI=1S/C23H31N3O/c1-20(2)19-22(25-13-6-7-14-25)23(27)26-17-15-24(16-18-26)12-8-11-21-9-4-3-5-10-21/h3-11,13-14,20,22H,12,15-19H2,1-2H3/b11-8+. The zero-order chi connectivity index (χ0) is 19.1. The lowest BCUT2D eigenvalue weighted by molar-refractivity contribution is -0.137. The van der Waals surface area contributed by atoms with Crippen molar-refractivity contribution < 1.29 is 4.79 Å². The summed E-state index contributed by atoms with van der Waals surface area (Å²) in [6.45, 7) is 8.79. The molecule has 4 heteroatoms. The van der Waals surface area contributed by atoms with Crippen LogP contribution in [0.15, 0.2) is 60.9 Å². The lowest BCUT2D eigenvalue weighted by Gasteiger charge is -2.36. The molecule has 0 aliphatic carbocycles. The highest BCUT2D eigenvalue weighted by molar-refractivity contribution is 5.80. The van der Waals surface area contributed by atoms with E-state index in [4.69, 9.17) is 0 Å². The van der Waals surface area contributed by atoms with Crippen molar-refractivity contribution in [2.45, 2.75) is 26.3 Å². The summed E-state index contributed by atoms with van der Waals surface area (Å²) in [5.74, 6) is 0.755. The maximum atomic E-state index is 13.1. The summed E-state index contributed by atoms with van der Waals surface area (Å²) in [4.78, 5) is 17.6. The van der Waals surface area contributed by atoms with Gasteiger partial charge < -0.3 is 9.47 Å². The van der Waals surface area contributed by atoms with Crippen LogP contribution in [0.3, 0.4) is 0 Å². The van der Waals surface area contributed by atoms with Gasteiger partial charge in [-0.15, -0.1) is 0 Å². The molecule has 1 unspecified atom stereocenters. The molecule has 27 heavy (non-hydrogen) atoms. The fourth-order valence-electron chi connectivity index (χ4n) is 3.62. The molecule has 1 saturated heterocycles. The number of benzene rings is 1. The van der Waals surface area contributed by atoms with E-state index in [0.717, 1.165) is 39.1 Å². The van der Waals surface area contributed by atoms with Crippen molar-refractivity contribution in [3.63, 3.8) is 0 Å². The van der Waals surface area contributed by atoms with Gasteiger partial charge in [-0.3, -0.25) is 9.69 Å². The smallest absolute Gasteiger partial charge is 0.245 e. The predicted octanol–water partition coefficient (Wildman–Crippen LogP) is 3.93. The van der Waals surface area contributed by atoms with Gasteiger partial charge in [-0.2, -0.15) is 0 Å². The Morgan fingerprint density at radius 2 is 1.67 bits per heavy atom. The number of hydrogen-bond acceptors (Lipinski definition) is 2. The Morgan fingerprint density at radius 1 is 1.00 bits per heavy atom. The molecule has 144 valence electrons. The van der Waals surface area contributed by atoms with Gasteiger partial charge in [0.05, 0.1) is 0 Å². The first-order valence-corrected chi connectivity index (χ1v) is 9.98. The molecular weight excluding hydrogens is 334 g/mol. The van der Waals surface area contributed by atoms with Gasteiger partial charge >= 0.3 is 0 Å². The molecular formula is C23H31N3O. The van der Waals surface area contributed by atoms with Gasteiger partial charge in [0.25, 0.3) is 0 Å². The maximum absolute atomic E-state index is 13.1. The molecule has 1 aromatic heterocycles. The van der Waals surface area contributed by atoms with Gasteiger partial charge in [-0.25, -0.2) is 0 Å². The number of amides is 1. The minimum Gasteiger partial charge on any atom is -0.342 e. The van der Waals surface area contributed by atoms with E-state index in [1.165, 1.54) is 5.56 Å². The minimum atomic E-state index is -0.0791. The quantitative estimate of drug-likeness (QED) is 0.744. The summed E-state index contributed by atoms with van der Waals surface area (Å²) in [7, 11) is 0. The normalized spacial score (nSPS) is 16.9. The Hall–Kier alpha value is -2.33. The van der Waals surface area contributed by atoms with E-state index in [-0.39, 0.29) is 11.9 Å². The molecule has 0 radical (unpaired) electrons. The number of rotatable bonds is 7. The minimum absolute atomic E-state index is 0.0791. The second-order valence-electron chi connectivity index (χ2n) is 7.71. The highest BCUT2D eigenvalue weighted by Crippen LogP contribution is 2.21. The van der Waals surface area contributed by atoms with Crippen molar-refractivity contribution in [1.82, 2.24) is 14.4 Å². The van der Waals surface area contributed by atoms with E-state index < -0.39 is 0 Å². The fraction of sp³-hybridized carbons (Fsp3) is 0.435. The monoisotopic (exact) mass is 365 g/mol. The number of nitrogens with zero attached hydrogens (tertiary/aromatic N) is 3. The average Bonchev–Trinajstić information content (AvgIpc) is 3.21. The average molecular weight is 366 g/mol. The van der Waals surface area contributed by atoms with Gasteiger partial charge in [0.2, 0.25) is 5.91 Å². The molecule has 1 atom stereocenters. The molecule has 3 rings (SSSR count).